The average molecular weight is 214 g/mol. The van der Waals surface area contributed by atoms with Crippen molar-refractivity contribution in [3.63, 3.8) is 0 Å². The van der Waals surface area contributed by atoms with Crippen LogP contribution in [0, 0.1) is 0 Å². The fourth-order valence-electron chi connectivity index (χ4n) is 1.29. The van der Waals surface area contributed by atoms with Crippen LogP contribution in [-0.2, 0) is 0 Å². The van der Waals surface area contributed by atoms with Crippen LogP contribution in [0.25, 0.3) is 0 Å². The van der Waals surface area contributed by atoms with E-state index in [1.807, 2.05) is 4.57 Å². The molecule has 0 fully saturated rings. The van der Waals surface area contributed by atoms with Gasteiger partial charge in [0.1, 0.15) is 12.2 Å². The lowest BCUT2D eigenvalue weighted by Crippen LogP contribution is -2.18. The molecule has 1 unspecified atom stereocenters. The molecule has 0 amide bonds. The van der Waals surface area contributed by atoms with E-state index in [0.717, 1.165) is 18.0 Å². The highest BCUT2D eigenvalue weighted by molar-refractivity contribution is 7.98. The third-order valence-corrected chi connectivity index (χ3v) is 2.77. The molecule has 4 nitrogen and oxygen atoms in total. The zero-order valence-corrected chi connectivity index (χ0v) is 9.79. The van der Waals surface area contributed by atoms with Crippen LogP contribution >= 0.6 is 11.8 Å². The van der Waals surface area contributed by atoms with Crippen molar-refractivity contribution in [1.82, 2.24) is 14.8 Å². The van der Waals surface area contributed by atoms with Gasteiger partial charge in [-0.05, 0) is 32.3 Å². The first-order valence-electron chi connectivity index (χ1n) is 4.80. The van der Waals surface area contributed by atoms with Gasteiger partial charge >= 0.3 is 0 Å². The lowest BCUT2D eigenvalue weighted by Gasteiger charge is -2.14. The van der Waals surface area contributed by atoms with Crippen molar-refractivity contribution in [3.8, 4) is 0 Å². The van der Waals surface area contributed by atoms with Crippen molar-refractivity contribution < 1.29 is 0 Å². The number of nitrogens with zero attached hydrogens (tertiary/aromatic N) is 3. The Morgan fingerprint density at radius 1 is 1.57 bits per heavy atom. The van der Waals surface area contributed by atoms with Crippen molar-refractivity contribution in [2.75, 3.05) is 12.0 Å². The highest BCUT2D eigenvalue weighted by Crippen LogP contribution is 2.16. The highest BCUT2D eigenvalue weighted by atomic mass is 32.2. The smallest absolute Gasteiger partial charge is 0.150 e. The Bertz CT molecular complexity index is 272. The molecular formula is C9H18N4S. The second kappa shape index (κ2) is 5.36. The molecule has 5 heteroatoms. The Labute approximate surface area is 89.3 Å². The minimum absolute atomic E-state index is 0.00681. The largest absolute Gasteiger partial charge is 0.321 e. The van der Waals surface area contributed by atoms with Crippen molar-refractivity contribution in [2.45, 2.75) is 32.4 Å². The molecule has 1 heterocycles. The normalized spacial score (nSPS) is 13.5. The van der Waals surface area contributed by atoms with Crippen molar-refractivity contribution in [2.24, 2.45) is 5.73 Å². The van der Waals surface area contributed by atoms with Crippen LogP contribution in [-0.4, -0.2) is 26.8 Å². The molecule has 0 aliphatic heterocycles. The Kier molecular flexibility index (Phi) is 4.41. The van der Waals surface area contributed by atoms with Gasteiger partial charge in [0.05, 0.1) is 6.04 Å². The minimum atomic E-state index is 0.00681. The molecule has 0 aliphatic rings. The number of nitrogens with two attached hydrogens (primary N) is 1. The van der Waals surface area contributed by atoms with E-state index in [1.54, 1.807) is 18.1 Å². The molecule has 1 atom stereocenters. The number of aromatic nitrogens is 3. The summed E-state index contributed by atoms with van der Waals surface area (Å²) in [5.74, 6) is 1.96. The quantitative estimate of drug-likeness (QED) is 0.809. The second-order valence-electron chi connectivity index (χ2n) is 3.58. The van der Waals surface area contributed by atoms with Gasteiger partial charge in [-0.25, -0.2) is 0 Å². The molecule has 0 aromatic carbocycles. The van der Waals surface area contributed by atoms with Gasteiger partial charge in [-0.2, -0.15) is 11.8 Å². The molecule has 1 aromatic heterocycles. The summed E-state index contributed by atoms with van der Waals surface area (Å²) in [6.45, 7) is 4.21. The Morgan fingerprint density at radius 3 is 2.86 bits per heavy atom. The maximum Gasteiger partial charge on any atom is 0.150 e. The van der Waals surface area contributed by atoms with E-state index in [2.05, 4.69) is 30.3 Å². The van der Waals surface area contributed by atoms with E-state index in [1.165, 1.54) is 0 Å². The molecule has 0 saturated carbocycles. The van der Waals surface area contributed by atoms with E-state index < -0.39 is 0 Å². The highest BCUT2D eigenvalue weighted by Gasteiger charge is 2.14. The summed E-state index contributed by atoms with van der Waals surface area (Å²) in [5, 5.41) is 7.97. The Hall–Kier alpha value is -0.550. The third-order valence-electron chi connectivity index (χ3n) is 2.12. The number of thioether (sulfide) groups is 1. The predicted octanol–water partition coefficient (Wildman–Crippen LogP) is 1.61. The summed E-state index contributed by atoms with van der Waals surface area (Å²) in [5.41, 5.74) is 6.03. The molecule has 0 saturated heterocycles. The van der Waals surface area contributed by atoms with Gasteiger partial charge < -0.3 is 10.3 Å². The monoisotopic (exact) mass is 214 g/mol. The first-order chi connectivity index (χ1) is 6.66. The van der Waals surface area contributed by atoms with Crippen molar-refractivity contribution in [3.05, 3.63) is 12.2 Å². The van der Waals surface area contributed by atoms with Crippen LogP contribution in [0.1, 0.15) is 38.2 Å². The van der Waals surface area contributed by atoms with Crippen LogP contribution in [0.15, 0.2) is 6.33 Å². The molecule has 1 aromatic rings. The van der Waals surface area contributed by atoms with Gasteiger partial charge in [-0.1, -0.05) is 0 Å². The third kappa shape index (κ3) is 2.72. The molecule has 1 rings (SSSR count). The first-order valence-corrected chi connectivity index (χ1v) is 6.20. The molecule has 0 spiro atoms. The Balaban J connectivity index is 2.68. The van der Waals surface area contributed by atoms with E-state index in [4.69, 9.17) is 5.73 Å². The molecule has 14 heavy (non-hydrogen) atoms. The molecule has 0 bridgehead atoms. The van der Waals surface area contributed by atoms with E-state index in [9.17, 15) is 0 Å². The number of hydrogen-bond donors (Lipinski definition) is 1. The van der Waals surface area contributed by atoms with E-state index >= 15 is 0 Å². The zero-order valence-electron chi connectivity index (χ0n) is 8.97. The molecular weight excluding hydrogens is 196 g/mol. The van der Waals surface area contributed by atoms with Crippen LogP contribution < -0.4 is 5.73 Å². The maximum absolute atomic E-state index is 6.03. The van der Waals surface area contributed by atoms with Gasteiger partial charge in [0.15, 0.2) is 0 Å². The SMILES string of the molecule is CSCCC(N)c1nncn1C(C)C. The van der Waals surface area contributed by atoms with E-state index in [-0.39, 0.29) is 6.04 Å². The minimum Gasteiger partial charge on any atom is -0.321 e. The fraction of sp³-hybridized carbons (Fsp3) is 0.778. The summed E-state index contributed by atoms with van der Waals surface area (Å²) in [4.78, 5) is 0. The summed E-state index contributed by atoms with van der Waals surface area (Å²) >= 11 is 1.80. The van der Waals surface area contributed by atoms with Crippen LogP contribution in [0.2, 0.25) is 0 Å². The van der Waals surface area contributed by atoms with Gasteiger partial charge in [0.2, 0.25) is 0 Å². The molecule has 0 radical (unpaired) electrons. The summed E-state index contributed by atoms with van der Waals surface area (Å²) in [7, 11) is 0. The fourth-order valence-corrected chi connectivity index (χ4v) is 1.78. The molecule has 0 aliphatic carbocycles. The zero-order chi connectivity index (χ0) is 10.6. The predicted molar refractivity (Wildman–Crippen MR) is 60.3 cm³/mol. The molecule has 2 N–H and O–H groups in total. The average Bonchev–Trinajstić information content (AvgIpc) is 2.62. The van der Waals surface area contributed by atoms with Crippen molar-refractivity contribution in [1.29, 1.82) is 0 Å². The standard InChI is InChI=1S/C9H18N4S/c1-7(2)13-6-11-12-9(13)8(10)4-5-14-3/h6-8H,4-5,10H2,1-3H3. The Morgan fingerprint density at radius 2 is 2.29 bits per heavy atom. The lowest BCUT2D eigenvalue weighted by molar-refractivity contribution is 0.525. The van der Waals surface area contributed by atoms with Crippen molar-refractivity contribution >= 4 is 11.8 Å². The summed E-state index contributed by atoms with van der Waals surface area (Å²) in [6, 6.07) is 0.382. The van der Waals surface area contributed by atoms with Gasteiger partial charge in [0, 0.05) is 6.04 Å². The second-order valence-corrected chi connectivity index (χ2v) is 4.56. The topological polar surface area (TPSA) is 56.7 Å². The maximum atomic E-state index is 6.03. The lowest BCUT2D eigenvalue weighted by atomic mass is 10.2. The van der Waals surface area contributed by atoms with Crippen LogP contribution in [0.4, 0.5) is 0 Å². The van der Waals surface area contributed by atoms with Crippen LogP contribution in [0.3, 0.4) is 0 Å². The number of rotatable bonds is 5. The summed E-state index contributed by atoms with van der Waals surface area (Å²) < 4.78 is 2.03. The first kappa shape index (κ1) is 11.5. The van der Waals surface area contributed by atoms with Gasteiger partial charge in [-0.15, -0.1) is 10.2 Å². The van der Waals surface area contributed by atoms with E-state index in [0.29, 0.717) is 6.04 Å². The summed E-state index contributed by atoms with van der Waals surface area (Å²) in [6.07, 6.45) is 4.78. The number of hydrogen-bond acceptors (Lipinski definition) is 4. The van der Waals surface area contributed by atoms with Gasteiger partial charge in [0.25, 0.3) is 0 Å². The van der Waals surface area contributed by atoms with Crippen LogP contribution in [0.5, 0.6) is 0 Å². The van der Waals surface area contributed by atoms with Gasteiger partial charge in [-0.3, -0.25) is 0 Å². The molecule has 80 valence electrons.